The summed E-state index contributed by atoms with van der Waals surface area (Å²) in [7, 11) is 0. The zero-order chi connectivity index (χ0) is 8.27. The summed E-state index contributed by atoms with van der Waals surface area (Å²) in [6.45, 7) is 1.77. The Kier molecular flexibility index (Phi) is 2.71. The Balaban J connectivity index is 2.90. The Bertz CT molecular complexity index is 250. The molecule has 1 aromatic carbocycles. The molecule has 0 aliphatic rings. The summed E-state index contributed by atoms with van der Waals surface area (Å²) in [6.07, 6.45) is 0. The van der Waals surface area contributed by atoms with E-state index >= 15 is 0 Å². The van der Waals surface area contributed by atoms with Gasteiger partial charge in [-0.05, 0) is 30.7 Å². The van der Waals surface area contributed by atoms with Gasteiger partial charge in [0, 0.05) is 0 Å². The molecule has 0 fully saturated rings. The van der Waals surface area contributed by atoms with Crippen molar-refractivity contribution in [1.82, 2.24) is 0 Å². The molecular weight excluding hydrogens is 167 g/mol. The van der Waals surface area contributed by atoms with Crippen LogP contribution in [0.25, 0.3) is 0 Å². The number of alkyl halides is 1. The number of aryl methyl sites for hydroxylation is 1. The molecular formula is C8H8ClFO. The van der Waals surface area contributed by atoms with E-state index in [1.54, 1.807) is 13.0 Å². The molecule has 0 aliphatic heterocycles. The van der Waals surface area contributed by atoms with Gasteiger partial charge in [-0.15, -0.1) is 0 Å². The van der Waals surface area contributed by atoms with Crippen molar-refractivity contribution in [3.05, 3.63) is 29.6 Å². The summed E-state index contributed by atoms with van der Waals surface area (Å²) in [5, 5.41) is 0. The van der Waals surface area contributed by atoms with E-state index in [1.165, 1.54) is 12.1 Å². The molecule has 1 rings (SSSR count). The van der Waals surface area contributed by atoms with Gasteiger partial charge >= 0.3 is 0 Å². The zero-order valence-electron chi connectivity index (χ0n) is 6.10. The minimum Gasteiger partial charge on any atom is -0.478 e. The zero-order valence-corrected chi connectivity index (χ0v) is 6.86. The number of rotatable bonds is 2. The van der Waals surface area contributed by atoms with E-state index in [9.17, 15) is 4.39 Å². The summed E-state index contributed by atoms with van der Waals surface area (Å²) >= 11 is 5.33. The molecule has 0 spiro atoms. The Morgan fingerprint density at radius 2 is 2.27 bits per heavy atom. The molecule has 0 N–H and O–H groups in total. The molecule has 0 unspecified atom stereocenters. The smallest absolute Gasteiger partial charge is 0.162 e. The molecule has 0 aromatic heterocycles. The minimum atomic E-state index is -0.260. The normalized spacial score (nSPS) is 9.73. The van der Waals surface area contributed by atoms with Crippen molar-refractivity contribution < 1.29 is 9.13 Å². The largest absolute Gasteiger partial charge is 0.478 e. The topological polar surface area (TPSA) is 9.23 Å². The van der Waals surface area contributed by atoms with Crippen LogP contribution in [-0.2, 0) is 0 Å². The van der Waals surface area contributed by atoms with E-state index in [1.807, 2.05) is 0 Å². The highest BCUT2D eigenvalue weighted by atomic mass is 35.5. The van der Waals surface area contributed by atoms with E-state index in [0.29, 0.717) is 5.75 Å². The van der Waals surface area contributed by atoms with Crippen molar-refractivity contribution in [2.45, 2.75) is 6.92 Å². The molecule has 0 amide bonds. The third-order valence-corrected chi connectivity index (χ3v) is 1.46. The summed E-state index contributed by atoms with van der Waals surface area (Å²) in [4.78, 5) is 0. The SMILES string of the molecule is Cc1cc(F)ccc1OCCl. The predicted molar refractivity (Wildman–Crippen MR) is 42.5 cm³/mol. The molecule has 3 heteroatoms. The Morgan fingerprint density at radius 3 is 2.82 bits per heavy atom. The van der Waals surface area contributed by atoms with E-state index in [0.717, 1.165) is 5.56 Å². The van der Waals surface area contributed by atoms with Crippen LogP contribution in [0, 0.1) is 12.7 Å². The highest BCUT2D eigenvalue weighted by Gasteiger charge is 1.98. The average Bonchev–Trinajstić information content (AvgIpc) is 1.95. The minimum absolute atomic E-state index is 0.0898. The van der Waals surface area contributed by atoms with Gasteiger partial charge in [0.2, 0.25) is 0 Å². The number of hydrogen-bond acceptors (Lipinski definition) is 1. The standard InChI is InChI=1S/C8H8ClFO/c1-6-4-7(10)2-3-8(6)11-5-9/h2-4H,5H2,1H3. The van der Waals surface area contributed by atoms with Crippen LogP contribution in [0.4, 0.5) is 4.39 Å². The van der Waals surface area contributed by atoms with Gasteiger partial charge in [-0.25, -0.2) is 4.39 Å². The van der Waals surface area contributed by atoms with E-state index < -0.39 is 0 Å². The lowest BCUT2D eigenvalue weighted by Gasteiger charge is -2.04. The van der Waals surface area contributed by atoms with Crippen LogP contribution in [0.3, 0.4) is 0 Å². The van der Waals surface area contributed by atoms with Crippen LogP contribution in [0.5, 0.6) is 5.75 Å². The first-order valence-corrected chi connectivity index (χ1v) is 3.72. The number of hydrogen-bond donors (Lipinski definition) is 0. The Labute approximate surface area is 69.7 Å². The van der Waals surface area contributed by atoms with Gasteiger partial charge in [-0.1, -0.05) is 11.6 Å². The first-order valence-electron chi connectivity index (χ1n) is 3.19. The lowest BCUT2D eigenvalue weighted by atomic mass is 10.2. The van der Waals surface area contributed by atoms with Gasteiger partial charge in [0.05, 0.1) is 0 Å². The van der Waals surface area contributed by atoms with Crippen LogP contribution < -0.4 is 4.74 Å². The van der Waals surface area contributed by atoms with Crippen LogP contribution in [0.1, 0.15) is 5.56 Å². The molecule has 0 saturated carbocycles. The summed E-state index contributed by atoms with van der Waals surface area (Å²) in [5.74, 6) is 0.367. The second-order valence-corrected chi connectivity index (χ2v) is 2.38. The fourth-order valence-corrected chi connectivity index (χ4v) is 0.951. The van der Waals surface area contributed by atoms with Crippen LogP contribution >= 0.6 is 11.6 Å². The highest BCUT2D eigenvalue weighted by Crippen LogP contribution is 2.18. The maximum Gasteiger partial charge on any atom is 0.162 e. The van der Waals surface area contributed by atoms with Crippen molar-refractivity contribution >= 4 is 11.6 Å². The van der Waals surface area contributed by atoms with Crippen LogP contribution in [0.15, 0.2) is 18.2 Å². The molecule has 0 heterocycles. The summed E-state index contributed by atoms with van der Waals surface area (Å²) in [6, 6.07) is 4.40. The average molecular weight is 175 g/mol. The summed E-state index contributed by atoms with van der Waals surface area (Å²) in [5.41, 5.74) is 0.755. The number of ether oxygens (including phenoxy) is 1. The number of benzene rings is 1. The third kappa shape index (κ3) is 2.09. The second kappa shape index (κ2) is 3.58. The molecule has 1 aromatic rings. The van der Waals surface area contributed by atoms with Crippen LogP contribution in [0.2, 0.25) is 0 Å². The molecule has 0 aliphatic carbocycles. The van der Waals surface area contributed by atoms with Gasteiger partial charge in [-0.2, -0.15) is 0 Å². The van der Waals surface area contributed by atoms with E-state index in [2.05, 4.69) is 0 Å². The molecule has 0 saturated heterocycles. The highest BCUT2D eigenvalue weighted by molar-refractivity contribution is 6.17. The van der Waals surface area contributed by atoms with Crippen molar-refractivity contribution in [2.24, 2.45) is 0 Å². The molecule has 0 bridgehead atoms. The third-order valence-electron chi connectivity index (χ3n) is 1.35. The molecule has 0 radical (unpaired) electrons. The Hall–Kier alpha value is -0.760. The van der Waals surface area contributed by atoms with Gasteiger partial charge in [0.1, 0.15) is 11.6 Å². The molecule has 60 valence electrons. The maximum absolute atomic E-state index is 12.5. The van der Waals surface area contributed by atoms with E-state index in [-0.39, 0.29) is 11.9 Å². The van der Waals surface area contributed by atoms with Crippen LogP contribution in [-0.4, -0.2) is 6.07 Å². The second-order valence-electron chi connectivity index (χ2n) is 2.16. The Morgan fingerprint density at radius 1 is 1.55 bits per heavy atom. The fourth-order valence-electron chi connectivity index (χ4n) is 0.834. The maximum atomic E-state index is 12.5. The molecule has 1 nitrogen and oxygen atoms in total. The monoisotopic (exact) mass is 174 g/mol. The van der Waals surface area contributed by atoms with Gasteiger partial charge in [0.15, 0.2) is 6.07 Å². The lowest BCUT2D eigenvalue weighted by Crippen LogP contribution is -1.91. The lowest BCUT2D eigenvalue weighted by molar-refractivity contribution is 0.384. The van der Waals surface area contributed by atoms with Crippen molar-refractivity contribution in [3.8, 4) is 5.75 Å². The van der Waals surface area contributed by atoms with Gasteiger partial charge < -0.3 is 4.74 Å². The van der Waals surface area contributed by atoms with Crippen molar-refractivity contribution in [3.63, 3.8) is 0 Å². The first kappa shape index (κ1) is 8.34. The summed E-state index contributed by atoms with van der Waals surface area (Å²) < 4.78 is 17.5. The first-order chi connectivity index (χ1) is 5.24. The van der Waals surface area contributed by atoms with Crippen molar-refractivity contribution in [2.75, 3.05) is 6.07 Å². The quantitative estimate of drug-likeness (QED) is 0.627. The molecule has 0 atom stereocenters. The van der Waals surface area contributed by atoms with Gasteiger partial charge in [-0.3, -0.25) is 0 Å². The predicted octanol–water partition coefficient (Wildman–Crippen LogP) is 2.71. The molecule has 11 heavy (non-hydrogen) atoms. The van der Waals surface area contributed by atoms with Gasteiger partial charge in [0.25, 0.3) is 0 Å². The van der Waals surface area contributed by atoms with Crippen molar-refractivity contribution in [1.29, 1.82) is 0 Å². The fraction of sp³-hybridized carbons (Fsp3) is 0.250. The number of halogens is 2. The van der Waals surface area contributed by atoms with E-state index in [4.69, 9.17) is 16.3 Å².